The van der Waals surface area contributed by atoms with Crippen LogP contribution in [0.3, 0.4) is 0 Å². The third-order valence-corrected chi connectivity index (χ3v) is 2.75. The first-order valence-corrected chi connectivity index (χ1v) is 4.16. The molecule has 1 saturated heterocycles. The van der Waals surface area contributed by atoms with E-state index in [2.05, 4.69) is 0 Å². The standard InChI is InChI=1S/C8H10O5/c9-7(10)3-1-5-6(13-5)2-4(3)8(11)12/h3-6H,1-2H2,(H,9,10)(H,11,12)/p-2. The molecule has 1 saturated carbocycles. The van der Waals surface area contributed by atoms with Crippen LogP contribution in [-0.4, -0.2) is 24.1 Å². The van der Waals surface area contributed by atoms with Crippen LogP contribution in [-0.2, 0) is 14.3 Å². The van der Waals surface area contributed by atoms with E-state index in [9.17, 15) is 19.8 Å². The molecule has 0 spiro atoms. The maximum atomic E-state index is 10.6. The van der Waals surface area contributed by atoms with Gasteiger partial charge in [0.25, 0.3) is 0 Å². The van der Waals surface area contributed by atoms with E-state index >= 15 is 0 Å². The number of epoxide rings is 1. The molecular formula is C8H8O5-2. The molecule has 2 rings (SSSR count). The maximum absolute atomic E-state index is 10.6. The van der Waals surface area contributed by atoms with Crippen LogP contribution in [0.25, 0.3) is 0 Å². The van der Waals surface area contributed by atoms with E-state index in [1.165, 1.54) is 0 Å². The van der Waals surface area contributed by atoms with Crippen molar-refractivity contribution in [1.82, 2.24) is 0 Å². The summed E-state index contributed by atoms with van der Waals surface area (Å²) in [4.78, 5) is 21.2. The van der Waals surface area contributed by atoms with Gasteiger partial charge in [-0.3, -0.25) is 0 Å². The molecule has 2 fully saturated rings. The van der Waals surface area contributed by atoms with Crippen molar-refractivity contribution >= 4 is 11.9 Å². The topological polar surface area (TPSA) is 92.8 Å². The van der Waals surface area contributed by atoms with Crippen molar-refractivity contribution in [2.75, 3.05) is 0 Å². The number of ether oxygens (including phenoxy) is 1. The van der Waals surface area contributed by atoms with E-state index in [1.54, 1.807) is 0 Å². The molecule has 2 aliphatic rings. The summed E-state index contributed by atoms with van der Waals surface area (Å²) in [7, 11) is 0. The quantitative estimate of drug-likeness (QED) is 0.435. The Labute approximate surface area is 74.3 Å². The van der Waals surface area contributed by atoms with E-state index in [0.717, 1.165) is 0 Å². The van der Waals surface area contributed by atoms with Gasteiger partial charge in [-0.25, -0.2) is 0 Å². The zero-order chi connectivity index (χ0) is 9.59. The summed E-state index contributed by atoms with van der Waals surface area (Å²) in [5.74, 6) is -4.53. The summed E-state index contributed by atoms with van der Waals surface area (Å²) < 4.78 is 5.06. The van der Waals surface area contributed by atoms with Crippen molar-refractivity contribution in [2.24, 2.45) is 11.8 Å². The van der Waals surface area contributed by atoms with Gasteiger partial charge >= 0.3 is 0 Å². The number of carbonyl (C=O) groups is 2. The zero-order valence-electron chi connectivity index (χ0n) is 6.76. The van der Waals surface area contributed by atoms with Gasteiger partial charge in [0.15, 0.2) is 0 Å². The molecule has 0 aromatic carbocycles. The van der Waals surface area contributed by atoms with Crippen molar-refractivity contribution in [3.63, 3.8) is 0 Å². The van der Waals surface area contributed by atoms with E-state index in [4.69, 9.17) is 4.74 Å². The smallest absolute Gasteiger partial charge is 0.0848 e. The van der Waals surface area contributed by atoms with Crippen LogP contribution in [0.15, 0.2) is 0 Å². The Morgan fingerprint density at radius 3 is 1.69 bits per heavy atom. The van der Waals surface area contributed by atoms with Crippen LogP contribution in [0.4, 0.5) is 0 Å². The largest absolute Gasteiger partial charge is 0.550 e. The third kappa shape index (κ3) is 1.39. The molecule has 0 bridgehead atoms. The van der Waals surface area contributed by atoms with Crippen LogP contribution < -0.4 is 10.2 Å². The average molecular weight is 184 g/mol. The van der Waals surface area contributed by atoms with E-state index in [0.29, 0.717) is 0 Å². The highest BCUT2D eigenvalue weighted by molar-refractivity contribution is 5.78. The number of carbonyl (C=O) groups excluding carboxylic acids is 2. The van der Waals surface area contributed by atoms with Crippen LogP contribution in [0.2, 0.25) is 0 Å². The molecule has 1 aliphatic carbocycles. The minimum atomic E-state index is -1.32. The van der Waals surface area contributed by atoms with E-state index in [1.807, 2.05) is 0 Å². The number of hydrogen-bond donors (Lipinski definition) is 0. The molecule has 5 nitrogen and oxygen atoms in total. The van der Waals surface area contributed by atoms with Crippen molar-refractivity contribution in [2.45, 2.75) is 25.0 Å². The molecule has 4 atom stereocenters. The van der Waals surface area contributed by atoms with Gasteiger partial charge in [-0.15, -0.1) is 0 Å². The van der Waals surface area contributed by atoms with E-state index < -0.39 is 23.8 Å². The molecule has 1 heterocycles. The number of hydrogen-bond acceptors (Lipinski definition) is 5. The van der Waals surface area contributed by atoms with Gasteiger partial charge in [0, 0.05) is 23.8 Å². The fraction of sp³-hybridized carbons (Fsp3) is 0.750. The zero-order valence-corrected chi connectivity index (χ0v) is 6.76. The number of rotatable bonds is 2. The monoisotopic (exact) mass is 184 g/mol. The summed E-state index contributed by atoms with van der Waals surface area (Å²) in [6.07, 6.45) is 0.342. The first-order valence-electron chi connectivity index (χ1n) is 4.16. The lowest BCUT2D eigenvalue weighted by atomic mass is 9.79. The van der Waals surface area contributed by atoms with Gasteiger partial charge in [0.2, 0.25) is 0 Å². The minimum absolute atomic E-state index is 0.0708. The number of fused-ring (bicyclic) bond motifs is 1. The van der Waals surface area contributed by atoms with Crippen molar-refractivity contribution < 1.29 is 24.5 Å². The van der Waals surface area contributed by atoms with Crippen LogP contribution in [0.5, 0.6) is 0 Å². The van der Waals surface area contributed by atoms with Crippen molar-refractivity contribution in [3.8, 4) is 0 Å². The van der Waals surface area contributed by atoms with Gasteiger partial charge in [-0.2, -0.15) is 0 Å². The number of aliphatic carboxylic acids is 2. The average Bonchev–Trinajstić information content (AvgIpc) is 2.78. The Balaban J connectivity index is 2.12. The summed E-state index contributed by atoms with van der Waals surface area (Å²) in [5, 5.41) is 21.2. The second-order valence-electron chi connectivity index (χ2n) is 3.54. The Bertz CT molecular complexity index is 235. The second-order valence-corrected chi connectivity index (χ2v) is 3.54. The lowest BCUT2D eigenvalue weighted by molar-refractivity contribution is -0.327. The molecule has 0 radical (unpaired) electrons. The van der Waals surface area contributed by atoms with Crippen molar-refractivity contribution in [3.05, 3.63) is 0 Å². The Morgan fingerprint density at radius 1 is 1.00 bits per heavy atom. The molecule has 72 valence electrons. The Kier molecular flexibility index (Phi) is 1.76. The highest BCUT2D eigenvalue weighted by atomic mass is 16.6. The number of carboxylic acids is 2. The van der Waals surface area contributed by atoms with Crippen LogP contribution in [0, 0.1) is 11.8 Å². The summed E-state index contributed by atoms with van der Waals surface area (Å²) in [6, 6.07) is 0. The predicted molar refractivity (Wildman–Crippen MR) is 34.9 cm³/mol. The molecule has 5 heteroatoms. The molecular weight excluding hydrogens is 176 g/mol. The summed E-state index contributed by atoms with van der Waals surface area (Å²) in [5.41, 5.74) is 0. The first kappa shape index (κ1) is 8.50. The van der Waals surface area contributed by atoms with Crippen LogP contribution >= 0.6 is 0 Å². The molecule has 0 N–H and O–H groups in total. The van der Waals surface area contributed by atoms with E-state index in [-0.39, 0.29) is 25.0 Å². The van der Waals surface area contributed by atoms with Gasteiger partial charge < -0.3 is 24.5 Å². The fourth-order valence-electron chi connectivity index (χ4n) is 1.94. The molecule has 0 amide bonds. The lowest BCUT2D eigenvalue weighted by Gasteiger charge is -2.30. The minimum Gasteiger partial charge on any atom is -0.550 e. The first-order chi connectivity index (χ1) is 6.09. The van der Waals surface area contributed by atoms with Gasteiger partial charge in [0.1, 0.15) is 0 Å². The van der Waals surface area contributed by atoms with Gasteiger partial charge in [-0.05, 0) is 12.8 Å². The molecule has 0 aromatic rings. The molecule has 13 heavy (non-hydrogen) atoms. The predicted octanol–water partition coefficient (Wildman–Crippen LogP) is -2.72. The third-order valence-electron chi connectivity index (χ3n) is 2.75. The summed E-state index contributed by atoms with van der Waals surface area (Å²) >= 11 is 0. The Hall–Kier alpha value is -1.10. The fourth-order valence-corrected chi connectivity index (χ4v) is 1.94. The SMILES string of the molecule is O=C([O-])C1CC2OC2CC1C(=O)[O-]. The van der Waals surface area contributed by atoms with Crippen LogP contribution in [0.1, 0.15) is 12.8 Å². The molecule has 4 unspecified atom stereocenters. The second kappa shape index (κ2) is 2.70. The molecule has 0 aromatic heterocycles. The molecule has 1 aliphatic heterocycles. The Morgan fingerprint density at radius 2 is 1.38 bits per heavy atom. The van der Waals surface area contributed by atoms with Gasteiger partial charge in [0.05, 0.1) is 12.2 Å². The lowest BCUT2D eigenvalue weighted by Crippen LogP contribution is -2.46. The number of carboxylic acid groups (broad SMARTS) is 2. The normalized spacial score (nSPS) is 42.2. The highest BCUT2D eigenvalue weighted by Crippen LogP contribution is 2.42. The van der Waals surface area contributed by atoms with Crippen molar-refractivity contribution in [1.29, 1.82) is 0 Å². The summed E-state index contributed by atoms with van der Waals surface area (Å²) in [6.45, 7) is 0. The maximum Gasteiger partial charge on any atom is 0.0848 e. The highest BCUT2D eigenvalue weighted by Gasteiger charge is 2.48. The van der Waals surface area contributed by atoms with Gasteiger partial charge in [-0.1, -0.05) is 0 Å².